The van der Waals surface area contributed by atoms with Crippen molar-refractivity contribution in [3.63, 3.8) is 0 Å². The van der Waals surface area contributed by atoms with Gasteiger partial charge in [-0.1, -0.05) is 0 Å². The summed E-state index contributed by atoms with van der Waals surface area (Å²) in [7, 11) is 3.37. The molecule has 1 atom stereocenters. The number of nitrogens with two attached hydrogens (primary N) is 1. The van der Waals surface area contributed by atoms with E-state index in [0.717, 1.165) is 19.4 Å². The van der Waals surface area contributed by atoms with Gasteiger partial charge in [0.25, 0.3) is 5.91 Å². The normalized spacial score (nSPS) is 21.5. The van der Waals surface area contributed by atoms with Crippen LogP contribution in [0.2, 0.25) is 0 Å². The highest BCUT2D eigenvalue weighted by atomic mass is 16.1. The molecule has 0 unspecified atom stereocenters. The lowest BCUT2D eigenvalue weighted by molar-refractivity contribution is -0.118. The van der Waals surface area contributed by atoms with Crippen molar-refractivity contribution < 1.29 is 9.59 Å². The van der Waals surface area contributed by atoms with Crippen LogP contribution in [-0.2, 0) is 9.59 Å². The highest BCUT2D eigenvalue weighted by Gasteiger charge is 2.21. The van der Waals surface area contributed by atoms with Crippen molar-refractivity contribution in [2.24, 2.45) is 5.73 Å². The van der Waals surface area contributed by atoms with E-state index < -0.39 is 5.91 Å². The van der Waals surface area contributed by atoms with Gasteiger partial charge in [-0.25, -0.2) is 0 Å². The van der Waals surface area contributed by atoms with Crippen LogP contribution >= 0.6 is 0 Å². The maximum absolute atomic E-state index is 11.7. The summed E-state index contributed by atoms with van der Waals surface area (Å²) in [5.41, 5.74) is 5.41. The molecule has 0 aliphatic carbocycles. The Labute approximate surface area is 89.3 Å². The molecule has 0 spiro atoms. The zero-order valence-corrected chi connectivity index (χ0v) is 9.12. The minimum atomic E-state index is -0.577. The molecule has 1 rings (SSSR count). The second kappa shape index (κ2) is 4.93. The number of amides is 1. The fraction of sp³-hybridized carbons (Fsp3) is 0.600. The molecular weight excluding hydrogens is 194 g/mol. The van der Waals surface area contributed by atoms with Crippen LogP contribution in [0.25, 0.3) is 0 Å². The second-order valence-electron chi connectivity index (χ2n) is 3.84. The summed E-state index contributed by atoms with van der Waals surface area (Å²) in [6.45, 7) is 0.859. The lowest BCUT2D eigenvalue weighted by Gasteiger charge is -2.14. The van der Waals surface area contributed by atoms with Gasteiger partial charge in [-0.15, -0.1) is 0 Å². The first kappa shape index (κ1) is 11.7. The SMILES string of the molecule is CN(C)C(=CC(=O)[C@@H]1CCCN1)C(N)=O. The molecule has 15 heavy (non-hydrogen) atoms. The van der Waals surface area contributed by atoms with E-state index in [1.165, 1.54) is 6.08 Å². The van der Waals surface area contributed by atoms with E-state index in [1.807, 2.05) is 0 Å². The van der Waals surface area contributed by atoms with E-state index in [2.05, 4.69) is 5.32 Å². The molecule has 3 N–H and O–H groups in total. The average Bonchev–Trinajstić information content (AvgIpc) is 2.65. The first-order chi connectivity index (χ1) is 7.02. The van der Waals surface area contributed by atoms with Gasteiger partial charge in [0, 0.05) is 20.2 Å². The summed E-state index contributed by atoms with van der Waals surface area (Å²) < 4.78 is 0. The number of rotatable bonds is 4. The largest absolute Gasteiger partial charge is 0.373 e. The van der Waals surface area contributed by atoms with Crippen molar-refractivity contribution in [3.8, 4) is 0 Å². The number of nitrogens with zero attached hydrogens (tertiary/aromatic N) is 1. The summed E-state index contributed by atoms with van der Waals surface area (Å²) in [5, 5.41) is 3.07. The molecule has 1 aliphatic heterocycles. The molecule has 0 aromatic carbocycles. The summed E-state index contributed by atoms with van der Waals surface area (Å²) in [5.74, 6) is -0.652. The Morgan fingerprint density at radius 1 is 1.47 bits per heavy atom. The van der Waals surface area contributed by atoms with Gasteiger partial charge in [-0.3, -0.25) is 9.59 Å². The second-order valence-corrected chi connectivity index (χ2v) is 3.84. The molecule has 1 fully saturated rings. The van der Waals surface area contributed by atoms with E-state index in [9.17, 15) is 9.59 Å². The summed E-state index contributed by atoms with van der Waals surface area (Å²) in [4.78, 5) is 24.3. The molecule has 0 bridgehead atoms. The molecule has 1 amide bonds. The zero-order valence-electron chi connectivity index (χ0n) is 9.12. The molecule has 0 aromatic rings. The summed E-state index contributed by atoms with van der Waals surface area (Å²) in [6.07, 6.45) is 3.15. The molecule has 1 heterocycles. The van der Waals surface area contributed by atoms with Gasteiger partial charge in [-0.05, 0) is 19.4 Å². The molecule has 0 aromatic heterocycles. The van der Waals surface area contributed by atoms with Gasteiger partial charge in [0.15, 0.2) is 5.78 Å². The number of likely N-dealkylation sites (N-methyl/N-ethyl adjacent to an activating group) is 1. The summed E-state index contributed by atoms with van der Waals surface area (Å²) >= 11 is 0. The first-order valence-corrected chi connectivity index (χ1v) is 4.98. The van der Waals surface area contributed by atoms with Gasteiger partial charge in [0.1, 0.15) is 5.70 Å². The van der Waals surface area contributed by atoms with Crippen molar-refractivity contribution in [2.75, 3.05) is 20.6 Å². The predicted molar refractivity (Wildman–Crippen MR) is 57.0 cm³/mol. The third-order valence-electron chi connectivity index (χ3n) is 2.42. The van der Waals surface area contributed by atoms with Gasteiger partial charge in [0.2, 0.25) is 0 Å². The fourth-order valence-corrected chi connectivity index (χ4v) is 1.58. The van der Waals surface area contributed by atoms with Crippen molar-refractivity contribution >= 4 is 11.7 Å². The number of hydrogen-bond acceptors (Lipinski definition) is 4. The topological polar surface area (TPSA) is 75.4 Å². The Morgan fingerprint density at radius 3 is 2.53 bits per heavy atom. The minimum Gasteiger partial charge on any atom is -0.373 e. The van der Waals surface area contributed by atoms with Crippen molar-refractivity contribution in [1.29, 1.82) is 0 Å². The molecule has 0 saturated carbocycles. The number of primary amides is 1. The van der Waals surface area contributed by atoms with Crippen LogP contribution < -0.4 is 11.1 Å². The average molecular weight is 211 g/mol. The molecule has 1 aliphatic rings. The maximum atomic E-state index is 11.7. The molecule has 1 saturated heterocycles. The van der Waals surface area contributed by atoms with Gasteiger partial charge >= 0.3 is 0 Å². The minimum absolute atomic E-state index is 0.0741. The third-order valence-corrected chi connectivity index (χ3v) is 2.42. The van der Waals surface area contributed by atoms with Crippen molar-refractivity contribution in [2.45, 2.75) is 18.9 Å². The smallest absolute Gasteiger partial charge is 0.265 e. The Morgan fingerprint density at radius 2 is 2.13 bits per heavy atom. The lowest BCUT2D eigenvalue weighted by atomic mass is 10.1. The molecular formula is C10H17N3O2. The number of carbonyl (C=O) groups excluding carboxylic acids is 2. The standard InChI is InChI=1S/C10H17N3O2/c1-13(2)8(10(11)15)6-9(14)7-4-3-5-12-7/h6-7,12H,3-5H2,1-2H3,(H2,11,15)/t7-/m0/s1. The molecule has 84 valence electrons. The Hall–Kier alpha value is -1.36. The quantitative estimate of drug-likeness (QED) is 0.599. The predicted octanol–water partition coefficient (Wildman–Crippen LogP) is -0.762. The van der Waals surface area contributed by atoms with E-state index in [4.69, 9.17) is 5.73 Å². The van der Waals surface area contributed by atoms with Crippen molar-refractivity contribution in [3.05, 3.63) is 11.8 Å². The number of carbonyl (C=O) groups is 2. The van der Waals surface area contributed by atoms with Gasteiger partial charge in [-0.2, -0.15) is 0 Å². The molecule has 5 nitrogen and oxygen atoms in total. The highest BCUT2D eigenvalue weighted by molar-refractivity contribution is 6.02. The monoisotopic (exact) mass is 211 g/mol. The number of hydrogen-bond donors (Lipinski definition) is 2. The van der Waals surface area contributed by atoms with Gasteiger partial charge < -0.3 is 16.0 Å². The van der Waals surface area contributed by atoms with Crippen LogP contribution in [0.4, 0.5) is 0 Å². The van der Waals surface area contributed by atoms with Crippen LogP contribution in [0.15, 0.2) is 11.8 Å². The van der Waals surface area contributed by atoms with Gasteiger partial charge in [0.05, 0.1) is 6.04 Å². The Balaban J connectivity index is 2.73. The van der Waals surface area contributed by atoms with Crippen LogP contribution in [0.5, 0.6) is 0 Å². The lowest BCUT2D eigenvalue weighted by Crippen LogP contribution is -2.32. The van der Waals surface area contributed by atoms with Crippen molar-refractivity contribution in [1.82, 2.24) is 10.2 Å². The molecule has 0 radical (unpaired) electrons. The number of ketones is 1. The molecule has 5 heteroatoms. The van der Waals surface area contributed by atoms with Crippen LogP contribution in [0.3, 0.4) is 0 Å². The van der Waals surface area contributed by atoms with Crippen LogP contribution in [0, 0.1) is 0 Å². The van der Waals surface area contributed by atoms with E-state index in [-0.39, 0.29) is 17.5 Å². The Bertz CT molecular complexity index is 291. The highest BCUT2D eigenvalue weighted by Crippen LogP contribution is 2.08. The van der Waals surface area contributed by atoms with E-state index in [1.54, 1.807) is 19.0 Å². The maximum Gasteiger partial charge on any atom is 0.265 e. The third kappa shape index (κ3) is 3.06. The fourth-order valence-electron chi connectivity index (χ4n) is 1.58. The van der Waals surface area contributed by atoms with E-state index in [0.29, 0.717) is 0 Å². The summed E-state index contributed by atoms with van der Waals surface area (Å²) in [6, 6.07) is -0.153. The van der Waals surface area contributed by atoms with E-state index >= 15 is 0 Å². The number of nitrogens with one attached hydrogen (secondary N) is 1. The first-order valence-electron chi connectivity index (χ1n) is 4.98. The Kier molecular flexibility index (Phi) is 3.85. The zero-order chi connectivity index (χ0) is 11.4. The van der Waals surface area contributed by atoms with Crippen LogP contribution in [-0.4, -0.2) is 43.3 Å². The van der Waals surface area contributed by atoms with Crippen LogP contribution in [0.1, 0.15) is 12.8 Å².